The molecule has 6 nitrogen and oxygen atoms in total. The van der Waals surface area contributed by atoms with Crippen molar-refractivity contribution in [2.24, 2.45) is 5.92 Å². The normalized spacial score (nSPS) is 23.8. The van der Waals surface area contributed by atoms with Crippen molar-refractivity contribution in [3.8, 4) is 0 Å². The van der Waals surface area contributed by atoms with E-state index in [1.807, 2.05) is 25.7 Å². The van der Waals surface area contributed by atoms with Crippen molar-refractivity contribution in [3.63, 3.8) is 0 Å². The van der Waals surface area contributed by atoms with Gasteiger partial charge in [-0.1, -0.05) is 20.8 Å². The van der Waals surface area contributed by atoms with Crippen molar-refractivity contribution in [2.45, 2.75) is 52.4 Å². The van der Waals surface area contributed by atoms with E-state index in [1.165, 1.54) is 0 Å². The Balaban J connectivity index is 1.95. The Morgan fingerprint density at radius 2 is 2.00 bits per heavy atom. The summed E-state index contributed by atoms with van der Waals surface area (Å²) in [6.45, 7) is 9.38. The highest BCUT2D eigenvalue weighted by molar-refractivity contribution is 6.00. The van der Waals surface area contributed by atoms with E-state index in [0.717, 1.165) is 42.3 Å². The molecular weight excluding hydrogens is 304 g/mol. The molecule has 130 valence electrons. The van der Waals surface area contributed by atoms with Crippen LogP contribution in [0.5, 0.6) is 0 Å². The fourth-order valence-electron chi connectivity index (χ4n) is 3.70. The number of aromatic nitrogens is 2. The third-order valence-electron chi connectivity index (χ3n) is 5.25. The molecule has 2 aliphatic heterocycles. The van der Waals surface area contributed by atoms with Crippen LogP contribution in [-0.2, 0) is 21.4 Å². The van der Waals surface area contributed by atoms with Crippen LogP contribution in [0.15, 0.2) is 0 Å². The molecule has 6 heteroatoms. The number of hydrogen-bond acceptors (Lipinski definition) is 4. The predicted molar refractivity (Wildman–Crippen MR) is 91.9 cm³/mol. The van der Waals surface area contributed by atoms with Gasteiger partial charge in [-0.3, -0.25) is 14.5 Å². The fraction of sp³-hybridized carbons (Fsp3) is 0.667. The number of likely N-dealkylation sites (tertiary alicyclic amines) is 1. The molecule has 1 atom stereocenters. The summed E-state index contributed by atoms with van der Waals surface area (Å²) < 4.78 is 0. The second kappa shape index (κ2) is 5.83. The smallest absolute Gasteiger partial charge is 0.232 e. The fourth-order valence-corrected chi connectivity index (χ4v) is 3.70. The molecule has 0 aliphatic carbocycles. The Labute approximate surface area is 143 Å². The molecule has 1 saturated heterocycles. The number of carbonyl (C=O) groups excluding carboxylic acids is 2. The summed E-state index contributed by atoms with van der Waals surface area (Å²) in [4.78, 5) is 37.4. The van der Waals surface area contributed by atoms with Crippen molar-refractivity contribution in [3.05, 3.63) is 17.1 Å². The number of fused-ring (bicyclic) bond motifs is 1. The van der Waals surface area contributed by atoms with Crippen molar-refractivity contribution < 1.29 is 9.59 Å². The molecule has 0 N–H and O–H groups in total. The van der Waals surface area contributed by atoms with Crippen LogP contribution in [0.3, 0.4) is 0 Å². The molecule has 3 rings (SSSR count). The van der Waals surface area contributed by atoms with Crippen LogP contribution >= 0.6 is 0 Å². The lowest BCUT2D eigenvalue weighted by molar-refractivity contribution is -0.136. The minimum absolute atomic E-state index is 0.00113. The lowest BCUT2D eigenvalue weighted by Crippen LogP contribution is -2.49. The minimum atomic E-state index is -0.269. The number of amides is 2. The Bertz CT molecular complexity index is 701. The van der Waals surface area contributed by atoms with Gasteiger partial charge < -0.3 is 4.90 Å². The van der Waals surface area contributed by atoms with Crippen LogP contribution < -0.4 is 4.90 Å². The first-order valence-corrected chi connectivity index (χ1v) is 8.66. The Hall–Kier alpha value is -1.98. The number of likely N-dealkylation sites (N-methyl/N-ethyl adjacent to an activating group) is 1. The standard InChI is InChI=1S/C18H26N4O2/c1-11(2)16(24)22-8-6-7-18(4,10-22)17-19-12(3)13-9-14(23)21(5)15(13)20-17/h11H,6-10H2,1-5H3/t18-/m1/s1. The lowest BCUT2D eigenvalue weighted by atomic mass is 9.80. The van der Waals surface area contributed by atoms with Gasteiger partial charge in [-0.25, -0.2) is 9.97 Å². The molecule has 1 aromatic heterocycles. The summed E-state index contributed by atoms with van der Waals surface area (Å²) in [6.07, 6.45) is 2.28. The summed E-state index contributed by atoms with van der Waals surface area (Å²) in [5, 5.41) is 0. The molecule has 0 radical (unpaired) electrons. The van der Waals surface area contributed by atoms with E-state index in [0.29, 0.717) is 13.0 Å². The largest absolute Gasteiger partial charge is 0.341 e. The second-order valence-corrected chi connectivity index (χ2v) is 7.64. The quantitative estimate of drug-likeness (QED) is 0.830. The number of aryl methyl sites for hydroxylation is 1. The van der Waals surface area contributed by atoms with E-state index >= 15 is 0 Å². The Morgan fingerprint density at radius 3 is 2.67 bits per heavy atom. The number of carbonyl (C=O) groups is 2. The highest BCUT2D eigenvalue weighted by Crippen LogP contribution is 2.36. The van der Waals surface area contributed by atoms with E-state index < -0.39 is 0 Å². The summed E-state index contributed by atoms with van der Waals surface area (Å²) in [6, 6.07) is 0. The molecule has 0 spiro atoms. The molecule has 0 bridgehead atoms. The highest BCUT2D eigenvalue weighted by Gasteiger charge is 2.39. The number of anilines is 1. The van der Waals surface area contributed by atoms with E-state index in [2.05, 4.69) is 6.92 Å². The number of piperidine rings is 1. The molecular formula is C18H26N4O2. The van der Waals surface area contributed by atoms with Crippen LogP contribution in [0.1, 0.15) is 50.7 Å². The molecule has 0 saturated carbocycles. The molecule has 1 aromatic rings. The maximum Gasteiger partial charge on any atom is 0.232 e. The second-order valence-electron chi connectivity index (χ2n) is 7.64. The number of nitrogens with zero attached hydrogens (tertiary/aromatic N) is 4. The molecule has 2 aliphatic rings. The van der Waals surface area contributed by atoms with Crippen molar-refractivity contribution in [1.82, 2.24) is 14.9 Å². The third kappa shape index (κ3) is 2.68. The van der Waals surface area contributed by atoms with Crippen LogP contribution in [0.25, 0.3) is 0 Å². The van der Waals surface area contributed by atoms with Gasteiger partial charge in [0.05, 0.1) is 6.42 Å². The average molecular weight is 330 g/mol. The van der Waals surface area contributed by atoms with Crippen molar-refractivity contribution in [2.75, 3.05) is 25.0 Å². The molecule has 0 unspecified atom stereocenters. The first-order valence-electron chi connectivity index (χ1n) is 8.66. The molecule has 3 heterocycles. The highest BCUT2D eigenvalue weighted by atomic mass is 16.2. The van der Waals surface area contributed by atoms with Crippen molar-refractivity contribution >= 4 is 17.6 Å². The van der Waals surface area contributed by atoms with Gasteiger partial charge in [0, 0.05) is 42.7 Å². The zero-order valence-corrected chi connectivity index (χ0v) is 15.2. The summed E-state index contributed by atoms with van der Waals surface area (Å²) >= 11 is 0. The van der Waals surface area contributed by atoms with Gasteiger partial charge in [-0.05, 0) is 19.8 Å². The van der Waals surface area contributed by atoms with Crippen LogP contribution in [-0.4, -0.2) is 46.8 Å². The molecule has 0 aromatic carbocycles. The van der Waals surface area contributed by atoms with Gasteiger partial charge in [0.1, 0.15) is 11.6 Å². The molecule has 1 fully saturated rings. The minimum Gasteiger partial charge on any atom is -0.341 e. The number of hydrogen-bond donors (Lipinski definition) is 0. The van der Waals surface area contributed by atoms with Crippen LogP contribution in [0, 0.1) is 12.8 Å². The lowest BCUT2D eigenvalue weighted by Gasteiger charge is -2.40. The zero-order valence-electron chi connectivity index (χ0n) is 15.2. The van der Waals surface area contributed by atoms with Gasteiger partial charge in [-0.2, -0.15) is 0 Å². The third-order valence-corrected chi connectivity index (χ3v) is 5.25. The monoisotopic (exact) mass is 330 g/mol. The van der Waals surface area contributed by atoms with E-state index in [1.54, 1.807) is 11.9 Å². The average Bonchev–Trinajstić information content (AvgIpc) is 2.82. The predicted octanol–water partition coefficient (Wildman–Crippen LogP) is 1.84. The topological polar surface area (TPSA) is 66.4 Å². The van der Waals surface area contributed by atoms with E-state index in [9.17, 15) is 9.59 Å². The molecule has 24 heavy (non-hydrogen) atoms. The zero-order chi connectivity index (χ0) is 17.6. The van der Waals surface area contributed by atoms with E-state index in [4.69, 9.17) is 9.97 Å². The summed E-state index contributed by atoms with van der Waals surface area (Å²) in [5.74, 6) is 1.73. The summed E-state index contributed by atoms with van der Waals surface area (Å²) in [7, 11) is 1.77. The van der Waals surface area contributed by atoms with Gasteiger partial charge in [-0.15, -0.1) is 0 Å². The van der Waals surface area contributed by atoms with Gasteiger partial charge in [0.2, 0.25) is 11.8 Å². The van der Waals surface area contributed by atoms with E-state index in [-0.39, 0.29) is 23.1 Å². The maximum absolute atomic E-state index is 12.4. The Kier molecular flexibility index (Phi) is 4.10. The van der Waals surface area contributed by atoms with Crippen LogP contribution in [0.4, 0.5) is 5.82 Å². The van der Waals surface area contributed by atoms with Gasteiger partial charge >= 0.3 is 0 Å². The summed E-state index contributed by atoms with van der Waals surface area (Å²) in [5.41, 5.74) is 1.54. The first kappa shape index (κ1) is 16.9. The number of rotatable bonds is 2. The molecule has 2 amide bonds. The van der Waals surface area contributed by atoms with Crippen molar-refractivity contribution in [1.29, 1.82) is 0 Å². The van der Waals surface area contributed by atoms with Gasteiger partial charge in [0.25, 0.3) is 0 Å². The first-order chi connectivity index (χ1) is 11.2. The maximum atomic E-state index is 12.4. The Morgan fingerprint density at radius 1 is 1.29 bits per heavy atom. The SMILES string of the molecule is Cc1nc([C@]2(C)CCCN(C(=O)C(C)C)C2)nc2c1CC(=O)N2C. The van der Waals surface area contributed by atoms with Crippen LogP contribution in [0.2, 0.25) is 0 Å². The van der Waals surface area contributed by atoms with Gasteiger partial charge in [0.15, 0.2) is 0 Å².